The van der Waals surface area contributed by atoms with Crippen molar-refractivity contribution in [3.63, 3.8) is 0 Å². The third-order valence-electron chi connectivity index (χ3n) is 3.32. The van der Waals surface area contributed by atoms with Crippen molar-refractivity contribution in [2.75, 3.05) is 7.05 Å². The predicted octanol–water partition coefficient (Wildman–Crippen LogP) is 3.20. The minimum absolute atomic E-state index is 0.114. The molecule has 1 fully saturated rings. The Morgan fingerprint density at radius 1 is 1.40 bits per heavy atom. The Morgan fingerprint density at radius 2 is 1.93 bits per heavy atom. The van der Waals surface area contributed by atoms with Gasteiger partial charge in [0.05, 0.1) is 0 Å². The third kappa shape index (κ3) is 4.29. The molecule has 0 saturated heterocycles. The first-order chi connectivity index (χ1) is 6.99. The van der Waals surface area contributed by atoms with E-state index in [2.05, 4.69) is 42.5 Å². The summed E-state index contributed by atoms with van der Waals surface area (Å²) < 4.78 is 0. The lowest BCUT2D eigenvalue weighted by Gasteiger charge is -2.31. The normalized spacial score (nSPS) is 25.7. The second-order valence-corrected chi connectivity index (χ2v) is 4.36. The Hall–Kier alpha value is 0.820. The zero-order chi connectivity index (χ0) is 12.1. The van der Waals surface area contributed by atoms with Crippen molar-refractivity contribution in [1.29, 1.82) is 0 Å². The number of hydrogen-bond donors (Lipinski definition) is 1. The van der Waals surface area contributed by atoms with Crippen molar-refractivity contribution < 1.29 is 4.92 Å². The van der Waals surface area contributed by atoms with Crippen LogP contribution in [-0.2, 0) is 0 Å². The number of nitrogens with zero attached hydrogens (tertiary/aromatic N) is 1. The molecule has 0 bridgehead atoms. The first-order valence-electron chi connectivity index (χ1n) is 4.95. The monoisotopic (exact) mass is 440 g/mol. The molecule has 0 spiro atoms. The van der Waals surface area contributed by atoms with E-state index in [1.165, 1.54) is 0 Å². The summed E-state index contributed by atoms with van der Waals surface area (Å²) in [5.74, 6) is 0.174. The molecule has 0 aliphatic heterocycles. The van der Waals surface area contributed by atoms with Gasteiger partial charge in [0.2, 0.25) is 6.04 Å². The number of hydrogen-bond acceptors (Lipinski definition) is 3. The average molecular weight is 440 g/mol. The van der Waals surface area contributed by atoms with Gasteiger partial charge in [0, 0.05) is 60.0 Å². The lowest BCUT2D eigenvalue weighted by molar-refractivity contribution is -0.530. The van der Waals surface area contributed by atoms with Crippen LogP contribution in [0.15, 0.2) is 0 Å². The number of halogens is 2. The Morgan fingerprint density at radius 3 is 2.33 bits per heavy atom. The molecule has 1 N–H and O–H groups in total. The summed E-state index contributed by atoms with van der Waals surface area (Å²) in [4.78, 5) is 10.6. The van der Waals surface area contributed by atoms with E-state index in [9.17, 15) is 10.1 Å². The van der Waals surface area contributed by atoms with Crippen molar-refractivity contribution in [2.24, 2.45) is 5.92 Å². The van der Waals surface area contributed by atoms with Gasteiger partial charge in [0.15, 0.2) is 0 Å². The summed E-state index contributed by atoms with van der Waals surface area (Å²) in [6.45, 7) is 4.08. The van der Waals surface area contributed by atoms with Crippen LogP contribution in [0.25, 0.3) is 0 Å². The van der Waals surface area contributed by atoms with E-state index in [1.54, 1.807) is 0 Å². The molecule has 4 nitrogen and oxygen atoms in total. The Bertz CT molecular complexity index is 212. The van der Waals surface area contributed by atoms with Gasteiger partial charge in [-0.2, -0.15) is 0 Å². The second kappa shape index (κ2) is 7.21. The highest BCUT2D eigenvalue weighted by atomic mass is 128. The topological polar surface area (TPSA) is 55.2 Å². The molecule has 6 heteroatoms. The molecule has 1 aliphatic rings. The standard InChI is InChI=1S/C9H18N2O2.I2/c1-9(2,10-3)7-5-4-6-8(7)11(12)13;1-2/h7-8,10H,4-6H2,1-3H3;. The molecule has 1 aliphatic carbocycles. The lowest BCUT2D eigenvalue weighted by atomic mass is 9.84. The third-order valence-corrected chi connectivity index (χ3v) is 3.32. The Labute approximate surface area is 114 Å². The zero-order valence-electron chi connectivity index (χ0n) is 9.30. The van der Waals surface area contributed by atoms with Crippen molar-refractivity contribution in [1.82, 2.24) is 5.32 Å². The average Bonchev–Trinajstić information content (AvgIpc) is 2.70. The molecule has 0 aromatic rings. The van der Waals surface area contributed by atoms with Gasteiger partial charge in [0.1, 0.15) is 0 Å². The van der Waals surface area contributed by atoms with Crippen LogP contribution in [0.3, 0.4) is 0 Å². The fraction of sp³-hybridized carbons (Fsp3) is 1.00. The van der Waals surface area contributed by atoms with Crippen molar-refractivity contribution in [3.8, 4) is 0 Å². The molecule has 90 valence electrons. The van der Waals surface area contributed by atoms with E-state index in [4.69, 9.17) is 0 Å². The highest BCUT2D eigenvalue weighted by Crippen LogP contribution is 2.35. The predicted molar refractivity (Wildman–Crippen MR) is 79.3 cm³/mol. The van der Waals surface area contributed by atoms with Crippen molar-refractivity contribution in [2.45, 2.75) is 44.7 Å². The first-order valence-corrected chi connectivity index (χ1v) is 11.2. The molecule has 1 saturated carbocycles. The minimum atomic E-state index is -0.345. The lowest BCUT2D eigenvalue weighted by Crippen LogP contribution is -2.48. The minimum Gasteiger partial charge on any atom is -0.314 e. The van der Waals surface area contributed by atoms with Crippen LogP contribution in [0.1, 0.15) is 33.1 Å². The van der Waals surface area contributed by atoms with Gasteiger partial charge < -0.3 is 5.32 Å². The fourth-order valence-corrected chi connectivity index (χ4v) is 2.22. The van der Waals surface area contributed by atoms with Crippen molar-refractivity contribution in [3.05, 3.63) is 10.1 Å². The van der Waals surface area contributed by atoms with E-state index in [0.29, 0.717) is 0 Å². The van der Waals surface area contributed by atoms with Gasteiger partial charge in [-0.3, -0.25) is 10.1 Å². The maximum atomic E-state index is 10.8. The van der Waals surface area contributed by atoms with E-state index in [-0.39, 0.29) is 22.4 Å². The summed E-state index contributed by atoms with van der Waals surface area (Å²) in [6, 6.07) is -0.345. The van der Waals surface area contributed by atoms with E-state index in [0.717, 1.165) is 19.3 Å². The highest BCUT2D eigenvalue weighted by molar-refractivity contribution is 15.0. The molecule has 0 aromatic carbocycles. The molecule has 15 heavy (non-hydrogen) atoms. The zero-order valence-corrected chi connectivity index (χ0v) is 13.6. The van der Waals surface area contributed by atoms with Crippen LogP contribution in [0.5, 0.6) is 0 Å². The van der Waals surface area contributed by atoms with E-state index >= 15 is 0 Å². The van der Waals surface area contributed by atoms with Gasteiger partial charge in [-0.15, -0.1) is 0 Å². The Balaban J connectivity index is 0.000000921. The smallest absolute Gasteiger partial charge is 0.217 e. The molecule has 0 radical (unpaired) electrons. The summed E-state index contributed by atoms with van der Waals surface area (Å²) in [6.07, 6.45) is 2.70. The number of nitrogens with one attached hydrogen (secondary N) is 1. The van der Waals surface area contributed by atoms with Crippen LogP contribution in [0, 0.1) is 16.0 Å². The molecule has 1 rings (SSSR count). The van der Waals surface area contributed by atoms with Crippen LogP contribution in [-0.4, -0.2) is 23.6 Å². The van der Waals surface area contributed by atoms with E-state index in [1.807, 2.05) is 20.9 Å². The van der Waals surface area contributed by atoms with Crippen LogP contribution >= 0.6 is 37.2 Å². The van der Waals surface area contributed by atoms with Gasteiger partial charge in [-0.25, -0.2) is 0 Å². The largest absolute Gasteiger partial charge is 0.314 e. The summed E-state index contributed by atoms with van der Waals surface area (Å²) in [7, 11) is 1.87. The van der Waals surface area contributed by atoms with Gasteiger partial charge >= 0.3 is 0 Å². The molecular weight excluding hydrogens is 422 g/mol. The van der Waals surface area contributed by atoms with Crippen molar-refractivity contribution >= 4 is 37.2 Å². The summed E-state index contributed by atoms with van der Waals surface area (Å²) in [5.41, 5.74) is -0.117. The maximum absolute atomic E-state index is 10.8. The quantitative estimate of drug-likeness (QED) is 0.417. The summed E-state index contributed by atoms with van der Waals surface area (Å²) in [5, 5.41) is 13.9. The first kappa shape index (κ1) is 15.8. The second-order valence-electron chi connectivity index (χ2n) is 4.36. The van der Waals surface area contributed by atoms with Crippen LogP contribution < -0.4 is 5.32 Å². The molecule has 0 heterocycles. The highest BCUT2D eigenvalue weighted by Gasteiger charge is 2.44. The van der Waals surface area contributed by atoms with Gasteiger partial charge in [-0.05, 0) is 33.7 Å². The van der Waals surface area contributed by atoms with Crippen LogP contribution in [0.2, 0.25) is 0 Å². The molecule has 2 unspecified atom stereocenters. The van der Waals surface area contributed by atoms with Gasteiger partial charge in [0.25, 0.3) is 0 Å². The van der Waals surface area contributed by atoms with E-state index < -0.39 is 0 Å². The van der Waals surface area contributed by atoms with Crippen LogP contribution in [0.4, 0.5) is 0 Å². The van der Waals surface area contributed by atoms with Gasteiger partial charge in [-0.1, -0.05) is 0 Å². The number of nitro groups is 1. The molecule has 0 aromatic heterocycles. The SMILES string of the molecule is CNC(C)(C)C1CCCC1[N+](=O)[O-].II. The molecular formula is C9H18I2N2O2. The molecule has 0 amide bonds. The number of rotatable bonds is 3. The fourth-order valence-electron chi connectivity index (χ4n) is 2.22. The Kier molecular flexibility index (Phi) is 7.60. The maximum Gasteiger partial charge on any atom is 0.217 e. The molecule has 2 atom stereocenters. The summed E-state index contributed by atoms with van der Waals surface area (Å²) >= 11 is 4.24.